The number of nitrogens with one attached hydrogen (secondary N) is 1. The second kappa shape index (κ2) is 6.02. The van der Waals surface area contributed by atoms with Crippen LogP contribution in [0.2, 0.25) is 0 Å². The van der Waals surface area contributed by atoms with E-state index in [1.165, 1.54) is 0 Å². The zero-order valence-electron chi connectivity index (χ0n) is 8.96. The zero-order chi connectivity index (χ0) is 10.4. The van der Waals surface area contributed by atoms with Crippen molar-refractivity contribution in [2.45, 2.75) is 39.0 Å². The molecule has 1 saturated carbocycles. The third-order valence-corrected chi connectivity index (χ3v) is 3.11. The van der Waals surface area contributed by atoms with E-state index in [0.717, 1.165) is 38.6 Å². The van der Waals surface area contributed by atoms with Crippen LogP contribution in [0.5, 0.6) is 0 Å². The molecular weight excluding hydrogens is 178 g/mol. The van der Waals surface area contributed by atoms with Gasteiger partial charge in [-0.25, -0.2) is 0 Å². The smallest absolute Gasteiger partial charge is 0.223 e. The van der Waals surface area contributed by atoms with Gasteiger partial charge in [0.2, 0.25) is 5.91 Å². The first-order valence-corrected chi connectivity index (χ1v) is 5.66. The Morgan fingerprint density at radius 3 is 2.50 bits per heavy atom. The van der Waals surface area contributed by atoms with Crippen LogP contribution in [0.25, 0.3) is 0 Å². The molecule has 0 heterocycles. The topological polar surface area (TPSA) is 49.3 Å². The van der Waals surface area contributed by atoms with Crippen LogP contribution in [0.3, 0.4) is 0 Å². The highest BCUT2D eigenvalue weighted by atomic mass is 16.3. The fraction of sp³-hybridized carbons (Fsp3) is 0.909. The summed E-state index contributed by atoms with van der Waals surface area (Å²) in [5.74, 6) is 1.09. The largest absolute Gasteiger partial charge is 0.396 e. The minimum absolute atomic E-state index is 0.218. The van der Waals surface area contributed by atoms with Crippen LogP contribution in [0.4, 0.5) is 0 Å². The number of amides is 1. The summed E-state index contributed by atoms with van der Waals surface area (Å²) < 4.78 is 0. The zero-order valence-corrected chi connectivity index (χ0v) is 8.96. The molecule has 0 atom stereocenters. The van der Waals surface area contributed by atoms with Crippen LogP contribution in [-0.2, 0) is 4.79 Å². The van der Waals surface area contributed by atoms with Gasteiger partial charge >= 0.3 is 0 Å². The maximum absolute atomic E-state index is 11.5. The van der Waals surface area contributed by atoms with Crippen molar-refractivity contribution < 1.29 is 9.90 Å². The molecule has 0 aliphatic heterocycles. The van der Waals surface area contributed by atoms with Gasteiger partial charge in [-0.15, -0.1) is 0 Å². The third kappa shape index (κ3) is 3.29. The van der Waals surface area contributed by atoms with Crippen LogP contribution in [0.15, 0.2) is 0 Å². The van der Waals surface area contributed by atoms with Crippen molar-refractivity contribution in [1.82, 2.24) is 5.32 Å². The van der Waals surface area contributed by atoms with Crippen molar-refractivity contribution in [3.8, 4) is 0 Å². The summed E-state index contributed by atoms with van der Waals surface area (Å²) >= 11 is 0. The minimum Gasteiger partial charge on any atom is -0.396 e. The lowest BCUT2D eigenvalue weighted by Crippen LogP contribution is -2.33. The van der Waals surface area contributed by atoms with Gasteiger partial charge in [0.25, 0.3) is 0 Å². The molecule has 0 spiro atoms. The van der Waals surface area contributed by atoms with E-state index < -0.39 is 0 Å². The van der Waals surface area contributed by atoms with Crippen LogP contribution < -0.4 is 5.32 Å². The Bertz CT molecular complexity index is 174. The Labute approximate surface area is 85.9 Å². The van der Waals surface area contributed by atoms with Crippen molar-refractivity contribution >= 4 is 5.91 Å². The van der Waals surface area contributed by atoms with Crippen LogP contribution in [0.1, 0.15) is 39.0 Å². The van der Waals surface area contributed by atoms with Gasteiger partial charge in [-0.1, -0.05) is 0 Å². The summed E-state index contributed by atoms with van der Waals surface area (Å²) in [5, 5.41) is 11.7. The van der Waals surface area contributed by atoms with Gasteiger partial charge in [0.05, 0.1) is 0 Å². The number of rotatable bonds is 4. The summed E-state index contributed by atoms with van der Waals surface area (Å²) in [6.07, 6.45) is 5.10. The van der Waals surface area contributed by atoms with Gasteiger partial charge in [-0.05, 0) is 44.9 Å². The molecule has 14 heavy (non-hydrogen) atoms. The maximum Gasteiger partial charge on any atom is 0.223 e. The van der Waals surface area contributed by atoms with Gasteiger partial charge in [0.15, 0.2) is 0 Å². The van der Waals surface area contributed by atoms with E-state index >= 15 is 0 Å². The lowest BCUT2D eigenvalue weighted by molar-refractivity contribution is -0.126. The standard InChI is InChI=1S/C11H21NO2/c1-2-12-11(14)10-5-3-9(4-6-10)7-8-13/h9-10,13H,2-8H2,1H3,(H,12,14). The quantitative estimate of drug-likeness (QED) is 0.717. The molecule has 1 amide bonds. The van der Waals surface area contributed by atoms with Gasteiger partial charge in [-0.2, -0.15) is 0 Å². The fourth-order valence-corrected chi connectivity index (χ4v) is 2.21. The Morgan fingerprint density at radius 1 is 1.36 bits per heavy atom. The van der Waals surface area contributed by atoms with Gasteiger partial charge < -0.3 is 10.4 Å². The molecule has 1 fully saturated rings. The molecule has 2 N–H and O–H groups in total. The Balaban J connectivity index is 2.24. The molecule has 82 valence electrons. The van der Waals surface area contributed by atoms with E-state index in [4.69, 9.17) is 5.11 Å². The Morgan fingerprint density at radius 2 is 2.00 bits per heavy atom. The van der Waals surface area contributed by atoms with Crippen LogP contribution in [-0.4, -0.2) is 24.2 Å². The van der Waals surface area contributed by atoms with E-state index in [1.54, 1.807) is 0 Å². The molecular formula is C11H21NO2. The summed E-state index contributed by atoms with van der Waals surface area (Å²) in [6, 6.07) is 0. The van der Waals surface area contributed by atoms with E-state index in [1.807, 2.05) is 6.92 Å². The van der Waals surface area contributed by atoms with Crippen molar-refractivity contribution in [2.75, 3.05) is 13.2 Å². The second-order valence-electron chi connectivity index (χ2n) is 4.12. The predicted molar refractivity (Wildman–Crippen MR) is 55.8 cm³/mol. The SMILES string of the molecule is CCNC(=O)C1CCC(CCO)CC1. The molecule has 1 aliphatic rings. The van der Waals surface area contributed by atoms with E-state index in [9.17, 15) is 4.79 Å². The molecule has 0 aromatic heterocycles. The lowest BCUT2D eigenvalue weighted by atomic mass is 9.80. The Kier molecular flexibility index (Phi) is 4.94. The third-order valence-electron chi connectivity index (χ3n) is 3.11. The molecule has 0 unspecified atom stereocenters. The molecule has 3 heteroatoms. The number of hydrogen-bond donors (Lipinski definition) is 2. The van der Waals surface area contributed by atoms with Crippen LogP contribution in [0, 0.1) is 11.8 Å². The first-order valence-electron chi connectivity index (χ1n) is 5.66. The van der Waals surface area contributed by atoms with Gasteiger partial charge in [0, 0.05) is 19.1 Å². The molecule has 1 rings (SSSR count). The van der Waals surface area contributed by atoms with Crippen molar-refractivity contribution in [1.29, 1.82) is 0 Å². The number of hydrogen-bond acceptors (Lipinski definition) is 2. The predicted octanol–water partition coefficient (Wildman–Crippen LogP) is 1.31. The van der Waals surface area contributed by atoms with Crippen molar-refractivity contribution in [2.24, 2.45) is 11.8 Å². The first kappa shape index (κ1) is 11.5. The highest BCUT2D eigenvalue weighted by molar-refractivity contribution is 5.78. The summed E-state index contributed by atoms with van der Waals surface area (Å²) in [6.45, 7) is 2.97. The fourth-order valence-electron chi connectivity index (χ4n) is 2.21. The number of aliphatic hydroxyl groups is 1. The van der Waals surface area contributed by atoms with Gasteiger partial charge in [-0.3, -0.25) is 4.79 Å². The van der Waals surface area contributed by atoms with Crippen LogP contribution >= 0.6 is 0 Å². The molecule has 1 aliphatic carbocycles. The van der Waals surface area contributed by atoms with E-state index in [-0.39, 0.29) is 18.4 Å². The maximum atomic E-state index is 11.5. The number of carbonyl (C=O) groups is 1. The highest BCUT2D eigenvalue weighted by Crippen LogP contribution is 2.30. The average Bonchev–Trinajstić information content (AvgIpc) is 2.20. The van der Waals surface area contributed by atoms with Crippen molar-refractivity contribution in [3.05, 3.63) is 0 Å². The molecule has 0 aromatic rings. The molecule has 0 bridgehead atoms. The van der Waals surface area contributed by atoms with Crippen molar-refractivity contribution in [3.63, 3.8) is 0 Å². The number of aliphatic hydroxyl groups excluding tert-OH is 1. The van der Waals surface area contributed by atoms with E-state index in [2.05, 4.69) is 5.32 Å². The molecule has 0 radical (unpaired) electrons. The minimum atomic E-state index is 0.218. The first-order chi connectivity index (χ1) is 6.77. The Hall–Kier alpha value is -0.570. The molecule has 0 aromatic carbocycles. The molecule has 0 saturated heterocycles. The molecule has 3 nitrogen and oxygen atoms in total. The number of carbonyl (C=O) groups excluding carboxylic acids is 1. The summed E-state index contributed by atoms with van der Waals surface area (Å²) in [5.41, 5.74) is 0. The lowest BCUT2D eigenvalue weighted by Gasteiger charge is -2.27. The second-order valence-corrected chi connectivity index (χ2v) is 4.12. The summed E-state index contributed by atoms with van der Waals surface area (Å²) in [4.78, 5) is 11.5. The average molecular weight is 199 g/mol. The summed E-state index contributed by atoms with van der Waals surface area (Å²) in [7, 11) is 0. The normalized spacial score (nSPS) is 27.3. The monoisotopic (exact) mass is 199 g/mol. The van der Waals surface area contributed by atoms with E-state index in [0.29, 0.717) is 5.92 Å². The highest BCUT2D eigenvalue weighted by Gasteiger charge is 2.25. The van der Waals surface area contributed by atoms with Gasteiger partial charge in [0.1, 0.15) is 0 Å².